The second kappa shape index (κ2) is 10.5. The zero-order chi connectivity index (χ0) is 22.4. The summed E-state index contributed by atoms with van der Waals surface area (Å²) in [6.45, 7) is 2.20. The fourth-order valence-corrected chi connectivity index (χ4v) is 3.39. The number of ether oxygens (including phenoxy) is 1. The Bertz CT molecular complexity index is 1190. The molecule has 0 aliphatic carbocycles. The topological polar surface area (TPSA) is 62.1 Å². The van der Waals surface area contributed by atoms with Crippen LogP contribution in [0.3, 0.4) is 0 Å². The standard InChI is InChI=1S/C24H17BrCl2N2O2/c1-15-2-6-20(7-3-15)29-24(30)18(13-28)11-17-12-19(25)5-9-23(17)31-14-16-4-8-21(26)22(27)10-16/h2-12H,14H2,1H3,(H,29,30)/b18-11+. The summed E-state index contributed by atoms with van der Waals surface area (Å²) in [7, 11) is 0. The van der Waals surface area contributed by atoms with E-state index in [-0.39, 0.29) is 12.2 Å². The van der Waals surface area contributed by atoms with E-state index in [4.69, 9.17) is 27.9 Å². The molecule has 0 aliphatic heterocycles. The van der Waals surface area contributed by atoms with Crippen LogP contribution in [0.4, 0.5) is 5.69 Å². The molecule has 156 valence electrons. The quantitative estimate of drug-likeness (QED) is 0.279. The van der Waals surface area contributed by atoms with Crippen LogP contribution in [-0.2, 0) is 11.4 Å². The number of amides is 1. The Kier molecular flexibility index (Phi) is 7.75. The highest BCUT2D eigenvalue weighted by Gasteiger charge is 2.12. The molecule has 4 nitrogen and oxygen atoms in total. The highest BCUT2D eigenvalue weighted by Crippen LogP contribution is 2.28. The first-order valence-corrected chi connectivity index (χ1v) is 10.8. The van der Waals surface area contributed by atoms with E-state index in [1.165, 1.54) is 6.08 Å². The molecule has 1 N–H and O–H groups in total. The molecule has 0 fully saturated rings. The lowest BCUT2D eigenvalue weighted by molar-refractivity contribution is -0.112. The number of nitrogens with one attached hydrogen (secondary N) is 1. The van der Waals surface area contributed by atoms with E-state index in [1.807, 2.05) is 37.3 Å². The number of hydrogen-bond acceptors (Lipinski definition) is 3. The maximum Gasteiger partial charge on any atom is 0.266 e. The monoisotopic (exact) mass is 514 g/mol. The molecule has 0 heterocycles. The second-order valence-electron chi connectivity index (χ2n) is 6.71. The highest BCUT2D eigenvalue weighted by molar-refractivity contribution is 9.10. The fraction of sp³-hybridized carbons (Fsp3) is 0.0833. The van der Waals surface area contributed by atoms with Gasteiger partial charge in [-0.15, -0.1) is 0 Å². The van der Waals surface area contributed by atoms with Gasteiger partial charge in [-0.2, -0.15) is 5.26 Å². The van der Waals surface area contributed by atoms with Crippen molar-refractivity contribution in [3.8, 4) is 11.8 Å². The first-order chi connectivity index (χ1) is 14.9. The summed E-state index contributed by atoms with van der Waals surface area (Å²) in [4.78, 5) is 12.6. The van der Waals surface area contributed by atoms with Crippen molar-refractivity contribution in [3.63, 3.8) is 0 Å². The molecule has 1 amide bonds. The minimum absolute atomic E-state index is 0.0435. The zero-order valence-electron chi connectivity index (χ0n) is 16.5. The largest absolute Gasteiger partial charge is 0.488 e. The van der Waals surface area contributed by atoms with E-state index in [1.54, 1.807) is 36.4 Å². The van der Waals surface area contributed by atoms with E-state index in [0.717, 1.165) is 15.6 Å². The van der Waals surface area contributed by atoms with Crippen LogP contribution in [0.1, 0.15) is 16.7 Å². The van der Waals surface area contributed by atoms with Crippen molar-refractivity contribution >= 4 is 56.8 Å². The molecule has 0 saturated carbocycles. The summed E-state index contributed by atoms with van der Waals surface area (Å²) in [5, 5.41) is 13.2. The predicted octanol–water partition coefficient (Wildman–Crippen LogP) is 7.19. The minimum atomic E-state index is -0.498. The zero-order valence-corrected chi connectivity index (χ0v) is 19.6. The van der Waals surface area contributed by atoms with Crippen LogP contribution in [0.2, 0.25) is 10.0 Å². The third kappa shape index (κ3) is 6.35. The van der Waals surface area contributed by atoms with Gasteiger partial charge >= 0.3 is 0 Å². The first kappa shape index (κ1) is 22.9. The molecule has 3 aromatic rings. The minimum Gasteiger partial charge on any atom is -0.488 e. The van der Waals surface area contributed by atoms with E-state index >= 15 is 0 Å². The van der Waals surface area contributed by atoms with Crippen LogP contribution in [-0.4, -0.2) is 5.91 Å². The van der Waals surface area contributed by atoms with Crippen LogP contribution in [0.25, 0.3) is 6.08 Å². The number of rotatable bonds is 6. The van der Waals surface area contributed by atoms with Crippen LogP contribution in [0, 0.1) is 18.3 Å². The molecule has 3 aromatic carbocycles. The van der Waals surface area contributed by atoms with Gasteiger partial charge in [0.1, 0.15) is 24.0 Å². The number of anilines is 1. The lowest BCUT2D eigenvalue weighted by Gasteiger charge is -2.11. The number of hydrogen-bond donors (Lipinski definition) is 1. The summed E-state index contributed by atoms with van der Waals surface area (Å²) in [6.07, 6.45) is 1.50. The van der Waals surface area contributed by atoms with Crippen molar-refractivity contribution in [1.82, 2.24) is 0 Å². The van der Waals surface area contributed by atoms with Gasteiger partial charge in [-0.1, -0.05) is 62.9 Å². The molecular formula is C24H17BrCl2N2O2. The summed E-state index contributed by atoms with van der Waals surface area (Å²) in [6, 6.07) is 19.9. The van der Waals surface area contributed by atoms with Gasteiger partial charge in [0.05, 0.1) is 10.0 Å². The maximum absolute atomic E-state index is 12.6. The van der Waals surface area contributed by atoms with Gasteiger partial charge in [0.25, 0.3) is 5.91 Å². The molecule has 31 heavy (non-hydrogen) atoms. The molecule has 0 radical (unpaired) electrons. The average molecular weight is 516 g/mol. The molecule has 0 unspecified atom stereocenters. The van der Waals surface area contributed by atoms with E-state index in [9.17, 15) is 10.1 Å². The average Bonchev–Trinajstić information content (AvgIpc) is 2.75. The molecule has 7 heteroatoms. The Balaban J connectivity index is 1.82. The van der Waals surface area contributed by atoms with Crippen LogP contribution in [0.5, 0.6) is 5.75 Å². The van der Waals surface area contributed by atoms with E-state index < -0.39 is 5.91 Å². The van der Waals surface area contributed by atoms with Crippen molar-refractivity contribution in [2.24, 2.45) is 0 Å². The Morgan fingerprint density at radius 1 is 1.10 bits per heavy atom. The van der Waals surface area contributed by atoms with Crippen LogP contribution in [0.15, 0.2) is 70.7 Å². The van der Waals surface area contributed by atoms with Crippen molar-refractivity contribution in [1.29, 1.82) is 5.26 Å². The van der Waals surface area contributed by atoms with Gasteiger partial charge in [0.2, 0.25) is 0 Å². The Morgan fingerprint density at radius 3 is 2.52 bits per heavy atom. The summed E-state index contributed by atoms with van der Waals surface area (Å²) in [5.41, 5.74) is 3.07. The lowest BCUT2D eigenvalue weighted by atomic mass is 10.1. The molecule has 0 spiro atoms. The molecule has 0 aliphatic rings. The SMILES string of the molecule is Cc1ccc(NC(=O)/C(C#N)=C/c2cc(Br)ccc2OCc2ccc(Cl)c(Cl)c2)cc1. The number of halogens is 3. The Hall–Kier alpha value is -2.78. The summed E-state index contributed by atoms with van der Waals surface area (Å²) < 4.78 is 6.71. The number of benzene rings is 3. The molecule has 0 atom stereocenters. The van der Waals surface area contributed by atoms with Crippen molar-refractivity contribution in [2.75, 3.05) is 5.32 Å². The van der Waals surface area contributed by atoms with Crippen LogP contribution < -0.4 is 10.1 Å². The first-order valence-electron chi connectivity index (χ1n) is 9.22. The fourth-order valence-electron chi connectivity index (χ4n) is 2.69. The maximum atomic E-state index is 12.6. The smallest absolute Gasteiger partial charge is 0.266 e. The molecule has 0 bridgehead atoms. The third-order valence-corrected chi connectivity index (χ3v) is 5.56. The Morgan fingerprint density at radius 2 is 1.84 bits per heavy atom. The molecule has 3 rings (SSSR count). The van der Waals surface area contributed by atoms with Gasteiger partial charge in [0, 0.05) is 15.7 Å². The molecular weight excluding hydrogens is 499 g/mol. The number of carbonyl (C=O) groups is 1. The molecule has 0 saturated heterocycles. The van der Waals surface area contributed by atoms with Crippen molar-refractivity contribution in [3.05, 3.63) is 97.4 Å². The lowest BCUT2D eigenvalue weighted by Crippen LogP contribution is -2.13. The second-order valence-corrected chi connectivity index (χ2v) is 8.44. The number of nitrogens with zero attached hydrogens (tertiary/aromatic N) is 1. The van der Waals surface area contributed by atoms with Crippen molar-refractivity contribution < 1.29 is 9.53 Å². The van der Waals surface area contributed by atoms with Gasteiger partial charge in [0.15, 0.2) is 0 Å². The predicted molar refractivity (Wildman–Crippen MR) is 128 cm³/mol. The van der Waals surface area contributed by atoms with Gasteiger partial charge in [-0.05, 0) is 61.0 Å². The number of aryl methyl sites for hydroxylation is 1. The summed E-state index contributed by atoms with van der Waals surface area (Å²) >= 11 is 15.4. The Labute approximate surface area is 199 Å². The number of carbonyl (C=O) groups excluding carboxylic acids is 1. The number of nitriles is 1. The van der Waals surface area contributed by atoms with Crippen LogP contribution >= 0.6 is 39.1 Å². The van der Waals surface area contributed by atoms with Crippen molar-refractivity contribution in [2.45, 2.75) is 13.5 Å². The normalized spacial score (nSPS) is 11.0. The van der Waals surface area contributed by atoms with E-state index in [2.05, 4.69) is 21.2 Å². The van der Waals surface area contributed by atoms with Gasteiger partial charge in [-0.25, -0.2) is 0 Å². The third-order valence-electron chi connectivity index (χ3n) is 4.32. The molecule has 0 aromatic heterocycles. The highest BCUT2D eigenvalue weighted by atomic mass is 79.9. The summed E-state index contributed by atoms with van der Waals surface area (Å²) in [5.74, 6) is 0.0203. The van der Waals surface area contributed by atoms with E-state index in [0.29, 0.717) is 27.0 Å². The van der Waals surface area contributed by atoms with Gasteiger partial charge in [-0.3, -0.25) is 4.79 Å². The van der Waals surface area contributed by atoms with Gasteiger partial charge < -0.3 is 10.1 Å².